The van der Waals surface area contributed by atoms with Crippen LogP contribution in [0.1, 0.15) is 18.9 Å². The summed E-state index contributed by atoms with van der Waals surface area (Å²) in [6.45, 7) is 3.58. The number of likely N-dealkylation sites (N-methyl/N-ethyl adjacent to an activating group) is 1. The molecule has 2 heterocycles. The highest BCUT2D eigenvalue weighted by Gasteiger charge is 2.36. The number of thiazole rings is 1. The lowest BCUT2D eigenvalue weighted by molar-refractivity contribution is -0.125. The van der Waals surface area contributed by atoms with Crippen LogP contribution in [0.25, 0.3) is 0 Å². The van der Waals surface area contributed by atoms with E-state index in [4.69, 9.17) is 5.73 Å². The van der Waals surface area contributed by atoms with Gasteiger partial charge in [0.15, 0.2) is 5.13 Å². The first-order valence-corrected chi connectivity index (χ1v) is 13.0. The lowest BCUT2D eigenvalue weighted by Crippen LogP contribution is -2.57. The summed E-state index contributed by atoms with van der Waals surface area (Å²) in [7, 11) is -2.02. The number of rotatable bonds is 9. The number of anilines is 1. The molecule has 10 nitrogen and oxygen atoms in total. The van der Waals surface area contributed by atoms with Gasteiger partial charge in [0.2, 0.25) is 11.8 Å². The van der Waals surface area contributed by atoms with Crippen LogP contribution in [-0.2, 0) is 26.2 Å². The summed E-state index contributed by atoms with van der Waals surface area (Å²) < 4.78 is 30.5. The van der Waals surface area contributed by atoms with Crippen molar-refractivity contribution < 1.29 is 18.0 Å². The molecule has 0 aliphatic carbocycles. The summed E-state index contributed by atoms with van der Waals surface area (Å²) >= 11 is 1.17. The van der Waals surface area contributed by atoms with Crippen molar-refractivity contribution >= 4 is 38.5 Å². The quantitative estimate of drug-likeness (QED) is 0.520. The van der Waals surface area contributed by atoms with Gasteiger partial charge in [-0.2, -0.15) is 17.4 Å². The summed E-state index contributed by atoms with van der Waals surface area (Å²) in [6, 6.07) is 6.97. The molecule has 1 aliphatic rings. The van der Waals surface area contributed by atoms with Crippen LogP contribution >= 0.6 is 11.3 Å². The van der Waals surface area contributed by atoms with Crippen LogP contribution in [0.2, 0.25) is 0 Å². The van der Waals surface area contributed by atoms with Gasteiger partial charge in [-0.15, -0.1) is 11.3 Å². The van der Waals surface area contributed by atoms with Crippen molar-refractivity contribution in [2.75, 3.05) is 38.1 Å². The number of primary amides is 1. The molecular formula is C21H30N6O4S2. The molecule has 0 bridgehead atoms. The third-order valence-electron chi connectivity index (χ3n) is 5.55. The maximum atomic E-state index is 13.7. The van der Waals surface area contributed by atoms with Crippen LogP contribution in [0.4, 0.5) is 5.13 Å². The second kappa shape index (κ2) is 11.2. The highest BCUT2D eigenvalue weighted by Crippen LogP contribution is 2.22. The molecule has 2 aromatic rings. The van der Waals surface area contributed by atoms with E-state index < -0.39 is 34.1 Å². The van der Waals surface area contributed by atoms with Gasteiger partial charge in [-0.3, -0.25) is 14.5 Å². The summed E-state index contributed by atoms with van der Waals surface area (Å²) in [6.07, 6.45) is 2.32. The number of hydrogen-bond donors (Lipinski definition) is 2. The fourth-order valence-corrected chi connectivity index (χ4v) is 5.74. The zero-order valence-corrected chi connectivity index (χ0v) is 20.4. The molecule has 0 unspecified atom stereocenters. The third kappa shape index (κ3) is 6.58. The van der Waals surface area contributed by atoms with Gasteiger partial charge in [0.05, 0.1) is 0 Å². The number of aromatic nitrogens is 1. The molecule has 0 radical (unpaired) electrons. The van der Waals surface area contributed by atoms with Gasteiger partial charge in [-0.25, -0.2) is 4.98 Å². The first-order valence-electron chi connectivity index (χ1n) is 10.7. The topological polar surface area (TPSA) is 129 Å². The maximum absolute atomic E-state index is 13.7. The number of amides is 2. The maximum Gasteiger partial charge on any atom is 0.280 e. The van der Waals surface area contributed by atoms with E-state index in [-0.39, 0.29) is 11.6 Å². The predicted molar refractivity (Wildman–Crippen MR) is 128 cm³/mol. The Morgan fingerprint density at radius 3 is 2.58 bits per heavy atom. The normalized spacial score (nSPS) is 17.8. The summed E-state index contributed by atoms with van der Waals surface area (Å²) in [5.74, 6) is -1.30. The molecule has 3 N–H and O–H groups in total. The largest absolute Gasteiger partial charge is 0.368 e. The van der Waals surface area contributed by atoms with Gasteiger partial charge < -0.3 is 10.6 Å². The molecule has 1 aliphatic heterocycles. The molecule has 180 valence electrons. The van der Waals surface area contributed by atoms with Crippen LogP contribution in [-0.4, -0.2) is 79.7 Å². The van der Waals surface area contributed by atoms with E-state index in [1.54, 1.807) is 5.38 Å². The fraction of sp³-hybridized carbons (Fsp3) is 0.476. The molecule has 0 spiro atoms. The molecular weight excluding hydrogens is 464 g/mol. The fourth-order valence-electron chi connectivity index (χ4n) is 3.63. The molecule has 1 fully saturated rings. The molecule has 1 aromatic heterocycles. The van der Waals surface area contributed by atoms with Crippen molar-refractivity contribution in [3.8, 4) is 0 Å². The van der Waals surface area contributed by atoms with Crippen molar-refractivity contribution in [3.05, 3.63) is 47.5 Å². The molecule has 0 saturated carbocycles. The Hall–Kier alpha value is -2.38. The number of nitrogens with zero attached hydrogens (tertiary/aromatic N) is 4. The van der Waals surface area contributed by atoms with Crippen molar-refractivity contribution in [3.63, 3.8) is 0 Å². The van der Waals surface area contributed by atoms with Crippen molar-refractivity contribution in [2.24, 2.45) is 5.73 Å². The van der Waals surface area contributed by atoms with E-state index in [0.717, 1.165) is 12.1 Å². The van der Waals surface area contributed by atoms with Crippen LogP contribution < -0.4 is 15.4 Å². The van der Waals surface area contributed by atoms with Crippen LogP contribution in [0.15, 0.2) is 41.9 Å². The Bertz CT molecular complexity index is 1030. The van der Waals surface area contributed by atoms with E-state index >= 15 is 0 Å². The SMILES string of the molecule is C[C@@H](C(N)=O)N(C(=O)[C@H](Cc1ccccc1)NS(=O)(=O)N1CCCN(C)CC1)c1nccs1. The molecule has 33 heavy (non-hydrogen) atoms. The Kier molecular flexibility index (Phi) is 8.54. The minimum absolute atomic E-state index is 0.111. The number of benzene rings is 1. The van der Waals surface area contributed by atoms with Gasteiger partial charge >= 0.3 is 0 Å². The molecule has 12 heteroatoms. The number of nitrogens with two attached hydrogens (primary N) is 1. The molecule has 2 atom stereocenters. The average Bonchev–Trinajstić information content (AvgIpc) is 3.20. The van der Waals surface area contributed by atoms with E-state index in [1.807, 2.05) is 37.4 Å². The zero-order chi connectivity index (χ0) is 24.0. The van der Waals surface area contributed by atoms with Gasteiger partial charge in [0.25, 0.3) is 10.2 Å². The summed E-state index contributed by atoms with van der Waals surface area (Å²) in [5, 5.41) is 1.95. The van der Waals surface area contributed by atoms with Crippen molar-refractivity contribution in [1.82, 2.24) is 18.9 Å². The highest BCUT2D eigenvalue weighted by atomic mass is 32.2. The van der Waals surface area contributed by atoms with Gasteiger partial charge in [0, 0.05) is 31.2 Å². The monoisotopic (exact) mass is 494 g/mol. The standard InChI is InChI=1S/C21H30N6O4S2/c1-16(19(22)28)27(21-23-9-14-32-21)20(29)18(15-17-7-4-3-5-8-17)24-33(30,31)26-11-6-10-25(2)12-13-26/h3-5,7-9,14,16,18,24H,6,10-13,15H2,1-2H3,(H2,22,28)/t16-,18-/m0/s1. The van der Waals surface area contributed by atoms with E-state index in [9.17, 15) is 18.0 Å². The summed E-state index contributed by atoms with van der Waals surface area (Å²) in [5.41, 5.74) is 6.28. The second-order valence-corrected chi connectivity index (χ2v) is 10.6. The Morgan fingerprint density at radius 1 is 1.21 bits per heavy atom. The Balaban J connectivity index is 1.92. The number of carbonyl (C=O) groups is 2. The van der Waals surface area contributed by atoms with Gasteiger partial charge in [0.1, 0.15) is 12.1 Å². The average molecular weight is 495 g/mol. The second-order valence-electron chi connectivity index (χ2n) is 8.02. The van der Waals surface area contributed by atoms with Crippen molar-refractivity contribution in [1.29, 1.82) is 0 Å². The predicted octanol–water partition coefficient (Wildman–Crippen LogP) is 0.433. The first kappa shape index (κ1) is 25.2. The smallest absolute Gasteiger partial charge is 0.280 e. The number of hydrogen-bond acceptors (Lipinski definition) is 7. The van der Waals surface area contributed by atoms with Crippen LogP contribution in [0.3, 0.4) is 0 Å². The Morgan fingerprint density at radius 2 is 1.94 bits per heavy atom. The minimum atomic E-state index is -3.97. The zero-order valence-electron chi connectivity index (χ0n) is 18.8. The van der Waals surface area contributed by atoms with E-state index in [1.165, 1.54) is 33.7 Å². The third-order valence-corrected chi connectivity index (χ3v) is 7.95. The van der Waals surface area contributed by atoms with Crippen molar-refractivity contribution in [2.45, 2.75) is 31.8 Å². The molecule has 2 amide bonds. The first-order chi connectivity index (χ1) is 15.7. The molecule has 1 saturated heterocycles. The van der Waals surface area contributed by atoms with E-state index in [0.29, 0.717) is 26.1 Å². The van der Waals surface area contributed by atoms with Gasteiger partial charge in [-0.05, 0) is 38.9 Å². The lowest BCUT2D eigenvalue weighted by atomic mass is 10.1. The van der Waals surface area contributed by atoms with Gasteiger partial charge in [-0.1, -0.05) is 30.3 Å². The Labute approximate surface area is 198 Å². The molecule has 1 aromatic carbocycles. The lowest BCUT2D eigenvalue weighted by Gasteiger charge is -2.30. The minimum Gasteiger partial charge on any atom is -0.368 e. The summed E-state index contributed by atoms with van der Waals surface area (Å²) in [4.78, 5) is 33.1. The van der Waals surface area contributed by atoms with E-state index in [2.05, 4.69) is 14.6 Å². The van der Waals surface area contributed by atoms with Crippen LogP contribution in [0, 0.1) is 0 Å². The number of carbonyl (C=O) groups excluding carboxylic acids is 2. The highest BCUT2D eigenvalue weighted by molar-refractivity contribution is 7.87. The number of nitrogens with one attached hydrogen (secondary N) is 1. The van der Waals surface area contributed by atoms with Crippen LogP contribution in [0.5, 0.6) is 0 Å². The molecule has 3 rings (SSSR count).